The van der Waals surface area contributed by atoms with Gasteiger partial charge in [-0.3, -0.25) is 4.79 Å². The fraction of sp³-hybridized carbons (Fsp3) is 0.278. The Kier molecular flexibility index (Phi) is 5.55. The lowest BCUT2D eigenvalue weighted by Gasteiger charge is -2.36. The van der Waals surface area contributed by atoms with E-state index in [2.05, 4.69) is 22.6 Å². The van der Waals surface area contributed by atoms with Gasteiger partial charge in [0, 0.05) is 29.7 Å². The molecule has 1 aliphatic rings. The van der Waals surface area contributed by atoms with E-state index in [1.165, 1.54) is 6.07 Å². The van der Waals surface area contributed by atoms with E-state index in [-0.39, 0.29) is 18.3 Å². The summed E-state index contributed by atoms with van der Waals surface area (Å²) in [4.78, 5) is 16.0. The van der Waals surface area contributed by atoms with E-state index in [1.54, 1.807) is 17.0 Å². The van der Waals surface area contributed by atoms with Crippen LogP contribution in [-0.4, -0.2) is 43.6 Å². The molecule has 1 aliphatic heterocycles. The number of nitrogens with zero attached hydrogens (tertiary/aromatic N) is 2. The predicted octanol–water partition coefficient (Wildman–Crippen LogP) is 3.16. The number of rotatable bonds is 4. The molecule has 0 radical (unpaired) electrons. The van der Waals surface area contributed by atoms with Crippen molar-refractivity contribution in [2.75, 3.05) is 37.7 Å². The van der Waals surface area contributed by atoms with Gasteiger partial charge in [-0.05, 0) is 59.0 Å². The average Bonchev–Trinajstić information content (AvgIpc) is 2.61. The second-order valence-electron chi connectivity index (χ2n) is 5.56. The molecule has 1 fully saturated rings. The maximum Gasteiger partial charge on any atom is 0.260 e. The first kappa shape index (κ1) is 17.0. The van der Waals surface area contributed by atoms with Gasteiger partial charge < -0.3 is 14.5 Å². The van der Waals surface area contributed by atoms with Crippen LogP contribution in [0.2, 0.25) is 0 Å². The molecule has 0 bridgehead atoms. The maximum absolute atomic E-state index is 13.8. The molecule has 3 rings (SSSR count). The fourth-order valence-electron chi connectivity index (χ4n) is 2.67. The standard InChI is InChI=1S/C18H18FIN2O2/c19-16-3-1-2-4-17(16)21-9-11-22(12-10-21)18(23)13-24-15-7-5-14(20)6-8-15/h1-8H,9-13H2. The van der Waals surface area contributed by atoms with Crippen LogP contribution < -0.4 is 9.64 Å². The van der Waals surface area contributed by atoms with Crippen LogP contribution >= 0.6 is 22.6 Å². The van der Waals surface area contributed by atoms with Crippen molar-refractivity contribution in [1.29, 1.82) is 0 Å². The highest BCUT2D eigenvalue weighted by Gasteiger charge is 2.22. The molecule has 6 heteroatoms. The highest BCUT2D eigenvalue weighted by molar-refractivity contribution is 14.1. The molecule has 0 aromatic heterocycles. The third-order valence-corrected chi connectivity index (χ3v) is 4.72. The van der Waals surface area contributed by atoms with Crippen LogP contribution in [0.5, 0.6) is 5.75 Å². The topological polar surface area (TPSA) is 32.8 Å². The van der Waals surface area contributed by atoms with Gasteiger partial charge in [-0.25, -0.2) is 4.39 Å². The van der Waals surface area contributed by atoms with E-state index in [9.17, 15) is 9.18 Å². The van der Waals surface area contributed by atoms with Crippen LogP contribution in [0.15, 0.2) is 48.5 Å². The summed E-state index contributed by atoms with van der Waals surface area (Å²) < 4.78 is 20.5. The van der Waals surface area contributed by atoms with Gasteiger partial charge in [0.2, 0.25) is 0 Å². The highest BCUT2D eigenvalue weighted by atomic mass is 127. The van der Waals surface area contributed by atoms with Crippen molar-refractivity contribution in [1.82, 2.24) is 4.90 Å². The predicted molar refractivity (Wildman–Crippen MR) is 99.8 cm³/mol. The Hall–Kier alpha value is -1.83. The van der Waals surface area contributed by atoms with Crippen molar-refractivity contribution in [3.8, 4) is 5.75 Å². The number of amides is 1. The van der Waals surface area contributed by atoms with Gasteiger partial charge in [-0.1, -0.05) is 12.1 Å². The Labute approximate surface area is 154 Å². The van der Waals surface area contributed by atoms with E-state index >= 15 is 0 Å². The Balaban J connectivity index is 1.50. The third-order valence-electron chi connectivity index (χ3n) is 4.00. The van der Waals surface area contributed by atoms with E-state index in [4.69, 9.17) is 4.74 Å². The molecular weight excluding hydrogens is 422 g/mol. The van der Waals surface area contributed by atoms with E-state index < -0.39 is 0 Å². The minimum absolute atomic E-state index is 0.0281. The molecule has 2 aromatic carbocycles. The van der Waals surface area contributed by atoms with Gasteiger partial charge in [0.25, 0.3) is 5.91 Å². The van der Waals surface area contributed by atoms with Crippen molar-refractivity contribution in [3.05, 3.63) is 57.9 Å². The van der Waals surface area contributed by atoms with Gasteiger partial charge in [0.05, 0.1) is 5.69 Å². The van der Waals surface area contributed by atoms with Crippen molar-refractivity contribution in [3.63, 3.8) is 0 Å². The molecule has 4 nitrogen and oxygen atoms in total. The first-order chi connectivity index (χ1) is 11.6. The molecule has 1 heterocycles. The van der Waals surface area contributed by atoms with Crippen molar-refractivity contribution in [2.45, 2.75) is 0 Å². The number of ether oxygens (including phenoxy) is 1. The quantitative estimate of drug-likeness (QED) is 0.686. The van der Waals surface area contributed by atoms with Gasteiger partial charge in [0.1, 0.15) is 11.6 Å². The number of anilines is 1. The fourth-order valence-corrected chi connectivity index (χ4v) is 3.03. The van der Waals surface area contributed by atoms with Crippen molar-refractivity contribution in [2.24, 2.45) is 0 Å². The zero-order valence-corrected chi connectivity index (χ0v) is 15.3. The molecule has 1 saturated heterocycles. The molecule has 0 saturated carbocycles. The summed E-state index contributed by atoms with van der Waals surface area (Å²) in [6.45, 7) is 2.42. The van der Waals surface area contributed by atoms with Crippen LogP contribution in [0.4, 0.5) is 10.1 Å². The molecule has 24 heavy (non-hydrogen) atoms. The number of carbonyl (C=O) groups is 1. The summed E-state index contributed by atoms with van der Waals surface area (Å²) in [6, 6.07) is 14.3. The Bertz CT molecular complexity index is 700. The molecule has 0 N–H and O–H groups in total. The summed E-state index contributed by atoms with van der Waals surface area (Å²) in [7, 11) is 0. The number of halogens is 2. The number of hydrogen-bond acceptors (Lipinski definition) is 3. The average molecular weight is 440 g/mol. The van der Waals surface area contributed by atoms with Gasteiger partial charge in [-0.15, -0.1) is 0 Å². The summed E-state index contributed by atoms with van der Waals surface area (Å²) in [5.74, 6) is 0.426. The minimum Gasteiger partial charge on any atom is -0.484 e. The van der Waals surface area contributed by atoms with Crippen LogP contribution in [-0.2, 0) is 4.79 Å². The van der Waals surface area contributed by atoms with Crippen LogP contribution in [0.1, 0.15) is 0 Å². The number of carbonyl (C=O) groups excluding carboxylic acids is 1. The monoisotopic (exact) mass is 440 g/mol. The smallest absolute Gasteiger partial charge is 0.260 e. The molecule has 2 aromatic rings. The summed E-state index contributed by atoms with van der Waals surface area (Å²) in [5, 5.41) is 0. The third kappa shape index (κ3) is 4.17. The summed E-state index contributed by atoms with van der Waals surface area (Å²) in [6.07, 6.45) is 0. The number of hydrogen-bond donors (Lipinski definition) is 0. The van der Waals surface area contributed by atoms with E-state index in [0.717, 1.165) is 3.57 Å². The highest BCUT2D eigenvalue weighted by Crippen LogP contribution is 2.20. The first-order valence-corrected chi connectivity index (χ1v) is 8.87. The Morgan fingerprint density at radius 1 is 1.04 bits per heavy atom. The Morgan fingerprint density at radius 3 is 2.38 bits per heavy atom. The lowest BCUT2D eigenvalue weighted by Crippen LogP contribution is -2.50. The lowest BCUT2D eigenvalue weighted by molar-refractivity contribution is -0.133. The van der Waals surface area contributed by atoms with Gasteiger partial charge >= 0.3 is 0 Å². The lowest BCUT2D eigenvalue weighted by atomic mass is 10.2. The molecule has 0 aliphatic carbocycles. The first-order valence-electron chi connectivity index (χ1n) is 7.79. The molecule has 1 amide bonds. The summed E-state index contributed by atoms with van der Waals surface area (Å²) in [5.41, 5.74) is 0.597. The van der Waals surface area contributed by atoms with E-state index in [0.29, 0.717) is 37.6 Å². The van der Waals surface area contributed by atoms with Crippen LogP contribution in [0, 0.1) is 9.39 Å². The number of para-hydroxylation sites is 1. The second kappa shape index (κ2) is 7.83. The van der Waals surface area contributed by atoms with Gasteiger partial charge in [0.15, 0.2) is 6.61 Å². The largest absolute Gasteiger partial charge is 0.484 e. The zero-order chi connectivity index (χ0) is 16.9. The SMILES string of the molecule is O=C(COc1ccc(I)cc1)N1CCN(c2ccccc2F)CC1. The normalized spacial score (nSPS) is 14.6. The minimum atomic E-state index is -0.223. The maximum atomic E-state index is 13.8. The second-order valence-corrected chi connectivity index (χ2v) is 6.81. The van der Waals surface area contributed by atoms with Crippen LogP contribution in [0.25, 0.3) is 0 Å². The molecular formula is C18H18FIN2O2. The van der Waals surface area contributed by atoms with Crippen molar-refractivity contribution >= 4 is 34.2 Å². The zero-order valence-electron chi connectivity index (χ0n) is 13.1. The van der Waals surface area contributed by atoms with Crippen LogP contribution in [0.3, 0.4) is 0 Å². The molecule has 126 valence electrons. The number of piperazine rings is 1. The molecule has 0 spiro atoms. The van der Waals surface area contributed by atoms with E-state index in [1.807, 2.05) is 35.2 Å². The number of benzene rings is 2. The molecule has 0 unspecified atom stereocenters. The molecule has 0 atom stereocenters. The Morgan fingerprint density at radius 2 is 1.71 bits per heavy atom. The van der Waals surface area contributed by atoms with Crippen molar-refractivity contribution < 1.29 is 13.9 Å². The van der Waals surface area contributed by atoms with Gasteiger partial charge in [-0.2, -0.15) is 0 Å². The summed E-state index contributed by atoms with van der Waals surface area (Å²) >= 11 is 2.22.